The van der Waals surface area contributed by atoms with Crippen LogP contribution in [0.15, 0.2) is 46.9 Å². The van der Waals surface area contributed by atoms with E-state index in [2.05, 4.69) is 25.7 Å². The second-order valence-electron chi connectivity index (χ2n) is 11.1. The number of halogens is 7. The van der Waals surface area contributed by atoms with Crippen LogP contribution in [0.4, 0.5) is 17.6 Å². The highest BCUT2D eigenvalue weighted by Gasteiger charge is 2.40. The average molecular weight is 698 g/mol. The summed E-state index contributed by atoms with van der Waals surface area (Å²) in [4.78, 5) is 33.5. The summed E-state index contributed by atoms with van der Waals surface area (Å²) in [6.45, 7) is 5.58. The van der Waals surface area contributed by atoms with Crippen LogP contribution in [0.2, 0.25) is 0 Å². The van der Waals surface area contributed by atoms with Crippen molar-refractivity contribution in [2.45, 2.75) is 43.4 Å². The number of likely N-dealkylation sites (N-methyl/N-ethyl adjacent to an activating group) is 1. The third kappa shape index (κ3) is 7.96. The third-order valence-corrected chi connectivity index (χ3v) is 8.89. The zero-order chi connectivity index (χ0) is 28.6. The summed E-state index contributed by atoms with van der Waals surface area (Å²) in [5.41, 5.74) is -0.0518. The minimum Gasteiger partial charge on any atom is -0.341 e. The van der Waals surface area contributed by atoms with Gasteiger partial charge in [0.25, 0.3) is 5.91 Å². The highest BCUT2D eigenvalue weighted by Crippen LogP contribution is 2.33. The van der Waals surface area contributed by atoms with Gasteiger partial charge in [0.1, 0.15) is 5.82 Å². The number of benzene rings is 2. The molecule has 0 bridgehead atoms. The van der Waals surface area contributed by atoms with Gasteiger partial charge >= 0.3 is 6.18 Å². The largest absolute Gasteiger partial charge is 0.416 e. The van der Waals surface area contributed by atoms with Crippen molar-refractivity contribution in [3.05, 3.63) is 69.4 Å². The molecule has 42 heavy (non-hydrogen) atoms. The van der Waals surface area contributed by atoms with Crippen LogP contribution in [-0.4, -0.2) is 96.4 Å². The molecule has 2 aromatic carbocycles. The van der Waals surface area contributed by atoms with Crippen molar-refractivity contribution in [2.75, 3.05) is 52.9 Å². The van der Waals surface area contributed by atoms with Crippen molar-refractivity contribution in [3.8, 4) is 0 Å². The fraction of sp³-hybridized carbons (Fsp3) is 0.517. The number of carbonyl (C=O) groups is 2. The summed E-state index contributed by atoms with van der Waals surface area (Å²) >= 11 is 3.09. The molecule has 6 nitrogen and oxygen atoms in total. The van der Waals surface area contributed by atoms with Gasteiger partial charge in [0.2, 0.25) is 5.91 Å². The zero-order valence-corrected chi connectivity index (χ0v) is 26.4. The quantitative estimate of drug-likeness (QED) is 0.333. The Morgan fingerprint density at radius 2 is 1.74 bits per heavy atom. The molecule has 3 fully saturated rings. The van der Waals surface area contributed by atoms with Crippen LogP contribution in [0.3, 0.4) is 0 Å². The molecule has 0 aromatic heterocycles. The molecule has 2 aromatic rings. The summed E-state index contributed by atoms with van der Waals surface area (Å²) in [7, 11) is 1.58. The van der Waals surface area contributed by atoms with Crippen molar-refractivity contribution < 1.29 is 27.2 Å². The minimum atomic E-state index is -4.56. The standard InChI is InChI=1S/C29H33BrF4N4O2.2ClH/c1-35(28(40)21-12-22(29(32,33)34)14-23(30)13-21)15-20(19-2-4-24(31)5-3-19)8-9-36-16-26(17-36)37-10-11-38-25(18-37)6-7-27(38)39;;/h2-5,12-14,20,25-26H,6-11,15-18H2,1H3;2*1H/t20-,25+;;/m1../s1. The Balaban J connectivity index is 0.00000242. The topological polar surface area (TPSA) is 47.1 Å². The molecule has 0 radical (unpaired) electrons. The molecule has 0 saturated carbocycles. The predicted octanol–water partition coefficient (Wildman–Crippen LogP) is 5.69. The van der Waals surface area contributed by atoms with Crippen molar-refractivity contribution in [2.24, 2.45) is 0 Å². The van der Waals surface area contributed by atoms with Crippen molar-refractivity contribution in [1.29, 1.82) is 0 Å². The molecule has 2 amide bonds. The number of alkyl halides is 3. The average Bonchev–Trinajstić information content (AvgIpc) is 3.26. The number of nitrogens with zero attached hydrogens (tertiary/aromatic N) is 4. The van der Waals surface area contributed by atoms with E-state index in [9.17, 15) is 27.2 Å². The van der Waals surface area contributed by atoms with Crippen LogP contribution in [-0.2, 0) is 11.0 Å². The van der Waals surface area contributed by atoms with Gasteiger partial charge in [0.15, 0.2) is 0 Å². The van der Waals surface area contributed by atoms with E-state index < -0.39 is 17.6 Å². The lowest BCUT2D eigenvalue weighted by Crippen LogP contribution is -2.64. The number of fused-ring (bicyclic) bond motifs is 1. The van der Waals surface area contributed by atoms with Gasteiger partial charge in [0.05, 0.1) is 5.56 Å². The van der Waals surface area contributed by atoms with Crippen LogP contribution in [0.5, 0.6) is 0 Å². The van der Waals surface area contributed by atoms with Crippen LogP contribution in [0, 0.1) is 5.82 Å². The normalized spacial score (nSPS) is 20.3. The van der Waals surface area contributed by atoms with Crippen LogP contribution >= 0.6 is 40.7 Å². The van der Waals surface area contributed by atoms with Gasteiger partial charge < -0.3 is 14.7 Å². The zero-order valence-electron chi connectivity index (χ0n) is 23.2. The van der Waals surface area contributed by atoms with E-state index in [4.69, 9.17) is 0 Å². The van der Waals surface area contributed by atoms with Gasteiger partial charge in [-0.25, -0.2) is 4.39 Å². The number of rotatable bonds is 8. The molecule has 2 atom stereocenters. The summed E-state index contributed by atoms with van der Waals surface area (Å²) in [6.07, 6.45) is -2.25. The molecule has 0 unspecified atom stereocenters. The van der Waals surface area contributed by atoms with Gasteiger partial charge in [-0.05, 0) is 55.3 Å². The lowest BCUT2D eigenvalue weighted by Gasteiger charge is -2.49. The molecule has 0 N–H and O–H groups in total. The molecule has 13 heteroatoms. The van der Waals surface area contributed by atoms with E-state index in [1.165, 1.54) is 23.1 Å². The predicted molar refractivity (Wildman–Crippen MR) is 161 cm³/mol. The van der Waals surface area contributed by atoms with Crippen LogP contribution in [0.1, 0.15) is 46.7 Å². The number of piperazine rings is 1. The Labute approximate surface area is 264 Å². The Kier molecular flexibility index (Phi) is 11.7. The van der Waals surface area contributed by atoms with Gasteiger partial charge in [-0.1, -0.05) is 28.1 Å². The van der Waals surface area contributed by atoms with E-state index in [-0.39, 0.29) is 59.0 Å². The molecule has 5 rings (SSSR count). The molecule has 3 saturated heterocycles. The maximum atomic E-state index is 13.6. The first-order valence-electron chi connectivity index (χ1n) is 13.6. The SMILES string of the molecule is CN(C[C@@H](CCN1CC(N2CCN3C(=O)CC[C@H]3C2)C1)c1ccc(F)cc1)C(=O)c1cc(Br)cc(C(F)(F)F)c1.Cl.Cl. The Morgan fingerprint density at radius 1 is 1.05 bits per heavy atom. The Bertz CT molecular complexity index is 1250. The van der Waals surface area contributed by atoms with E-state index in [1.54, 1.807) is 19.2 Å². The molecular formula is C29H35BrCl2F4N4O2. The van der Waals surface area contributed by atoms with Gasteiger partial charge in [-0.15, -0.1) is 24.8 Å². The van der Waals surface area contributed by atoms with E-state index in [1.807, 2.05) is 4.90 Å². The summed E-state index contributed by atoms with van der Waals surface area (Å²) in [5.74, 6) is -0.699. The lowest BCUT2D eigenvalue weighted by molar-refractivity contribution is -0.137. The van der Waals surface area contributed by atoms with Crippen LogP contribution in [0.25, 0.3) is 0 Å². The molecule has 0 aliphatic carbocycles. The number of hydrogen-bond acceptors (Lipinski definition) is 4. The maximum Gasteiger partial charge on any atom is 0.416 e. The number of likely N-dealkylation sites (tertiary alicyclic amines) is 1. The summed E-state index contributed by atoms with van der Waals surface area (Å²) < 4.78 is 53.8. The second kappa shape index (κ2) is 14.2. The van der Waals surface area contributed by atoms with E-state index in [0.29, 0.717) is 24.9 Å². The fourth-order valence-electron chi connectivity index (χ4n) is 6.12. The Morgan fingerprint density at radius 3 is 2.40 bits per heavy atom. The first-order chi connectivity index (χ1) is 19.0. The molecule has 3 aliphatic rings. The van der Waals surface area contributed by atoms with E-state index in [0.717, 1.165) is 63.4 Å². The van der Waals surface area contributed by atoms with Crippen molar-refractivity contribution >= 4 is 52.6 Å². The molecule has 0 spiro atoms. The highest BCUT2D eigenvalue weighted by molar-refractivity contribution is 9.10. The smallest absolute Gasteiger partial charge is 0.341 e. The molecule has 232 valence electrons. The maximum absolute atomic E-state index is 13.6. The first-order valence-corrected chi connectivity index (χ1v) is 14.4. The van der Waals surface area contributed by atoms with Gasteiger partial charge in [0, 0.05) is 80.8 Å². The van der Waals surface area contributed by atoms with Gasteiger partial charge in [-0.3, -0.25) is 14.5 Å². The molecular weight excluding hydrogens is 663 g/mol. The number of amides is 2. The second-order valence-corrected chi connectivity index (χ2v) is 12.1. The van der Waals surface area contributed by atoms with E-state index >= 15 is 0 Å². The lowest BCUT2D eigenvalue weighted by atomic mass is 9.93. The summed E-state index contributed by atoms with van der Waals surface area (Å²) in [6, 6.07) is 10.2. The fourth-order valence-corrected chi connectivity index (χ4v) is 6.62. The number of hydrogen-bond donors (Lipinski definition) is 0. The monoisotopic (exact) mass is 696 g/mol. The molecule has 3 aliphatic heterocycles. The number of carbonyl (C=O) groups excluding carboxylic acids is 2. The minimum absolute atomic E-state index is 0. The Hall–Kier alpha value is -1.92. The van der Waals surface area contributed by atoms with Crippen LogP contribution < -0.4 is 0 Å². The van der Waals surface area contributed by atoms with Crippen molar-refractivity contribution in [3.63, 3.8) is 0 Å². The highest BCUT2D eigenvalue weighted by atomic mass is 79.9. The van der Waals surface area contributed by atoms with Gasteiger partial charge in [-0.2, -0.15) is 13.2 Å². The summed E-state index contributed by atoms with van der Waals surface area (Å²) in [5, 5.41) is 0. The van der Waals surface area contributed by atoms with Crippen molar-refractivity contribution in [1.82, 2.24) is 19.6 Å². The third-order valence-electron chi connectivity index (χ3n) is 8.43. The first kappa shape index (κ1) is 34.6. The molecule has 3 heterocycles.